The molecule has 0 bridgehead atoms. The van der Waals surface area contributed by atoms with Gasteiger partial charge in [0.25, 0.3) is 0 Å². The number of carbonyl (C=O) groups is 1. The van der Waals surface area contributed by atoms with Gasteiger partial charge < -0.3 is 10.1 Å². The Labute approximate surface area is 199 Å². The number of rotatable bonds is 8. The van der Waals surface area contributed by atoms with Gasteiger partial charge in [0.15, 0.2) is 0 Å². The second-order valence-electron chi connectivity index (χ2n) is 7.98. The highest BCUT2D eigenvalue weighted by Crippen LogP contribution is 2.25. The van der Waals surface area contributed by atoms with Gasteiger partial charge in [-0.25, -0.2) is 9.67 Å². The third-order valence-electron chi connectivity index (χ3n) is 5.47. The molecule has 2 aromatic carbocycles. The van der Waals surface area contributed by atoms with E-state index in [1.807, 2.05) is 49.4 Å². The monoisotopic (exact) mass is 480 g/mol. The summed E-state index contributed by atoms with van der Waals surface area (Å²) in [7, 11) is 0. The largest absolute Gasteiger partial charge is 0.376 e. The van der Waals surface area contributed by atoms with Crippen molar-refractivity contribution in [3.05, 3.63) is 59.1 Å². The maximum absolute atomic E-state index is 12.7. The molecular formula is C23H24N6O2S2. The first-order chi connectivity index (χ1) is 16.1. The van der Waals surface area contributed by atoms with Gasteiger partial charge in [-0.15, -0.1) is 16.4 Å². The maximum Gasteiger partial charge on any atom is 0.237 e. The number of amides is 1. The molecule has 1 fully saturated rings. The molecule has 1 aliphatic heterocycles. The fourth-order valence-corrected chi connectivity index (χ4v) is 5.51. The van der Waals surface area contributed by atoms with Gasteiger partial charge in [-0.1, -0.05) is 36.0 Å². The van der Waals surface area contributed by atoms with E-state index in [-0.39, 0.29) is 17.3 Å². The second-order valence-corrected chi connectivity index (χ2v) is 10.4. The van der Waals surface area contributed by atoms with Crippen LogP contribution in [0.3, 0.4) is 0 Å². The average molecular weight is 481 g/mol. The van der Waals surface area contributed by atoms with E-state index in [0.717, 1.165) is 47.6 Å². The lowest BCUT2D eigenvalue weighted by Crippen LogP contribution is -2.23. The van der Waals surface area contributed by atoms with Gasteiger partial charge in [0, 0.05) is 18.7 Å². The minimum Gasteiger partial charge on any atom is -0.376 e. The van der Waals surface area contributed by atoms with Crippen LogP contribution in [0.25, 0.3) is 10.2 Å². The molecule has 170 valence electrons. The highest BCUT2D eigenvalue weighted by atomic mass is 32.2. The van der Waals surface area contributed by atoms with Crippen molar-refractivity contribution in [3.63, 3.8) is 0 Å². The molecule has 5 rings (SSSR count). The Balaban J connectivity index is 1.16. The predicted molar refractivity (Wildman–Crippen MR) is 130 cm³/mol. The zero-order valence-electron chi connectivity index (χ0n) is 18.2. The van der Waals surface area contributed by atoms with Gasteiger partial charge in [-0.05, 0) is 60.0 Å². The molecule has 1 amide bonds. The van der Waals surface area contributed by atoms with E-state index in [1.54, 1.807) is 16.0 Å². The van der Waals surface area contributed by atoms with E-state index in [1.165, 1.54) is 16.5 Å². The van der Waals surface area contributed by atoms with Crippen molar-refractivity contribution >= 4 is 44.9 Å². The molecule has 0 radical (unpaired) electrons. The number of fused-ring (bicyclic) bond motifs is 1. The van der Waals surface area contributed by atoms with Crippen molar-refractivity contribution < 1.29 is 9.53 Å². The van der Waals surface area contributed by atoms with Gasteiger partial charge in [0.1, 0.15) is 0 Å². The third-order valence-corrected chi connectivity index (χ3v) is 7.57. The molecule has 10 heteroatoms. The minimum atomic E-state index is -0.346. The number of benzene rings is 2. The quantitative estimate of drug-likeness (QED) is 0.378. The first-order valence-corrected chi connectivity index (χ1v) is 12.6. The Morgan fingerprint density at radius 2 is 2.12 bits per heavy atom. The molecule has 8 nitrogen and oxygen atoms in total. The maximum atomic E-state index is 12.7. The van der Waals surface area contributed by atoms with E-state index >= 15 is 0 Å². The summed E-state index contributed by atoms with van der Waals surface area (Å²) in [5, 5.41) is 16.2. The van der Waals surface area contributed by atoms with Crippen LogP contribution >= 0.6 is 23.1 Å². The van der Waals surface area contributed by atoms with Gasteiger partial charge in [0.05, 0.1) is 33.1 Å². The van der Waals surface area contributed by atoms with Gasteiger partial charge in [-0.2, -0.15) is 0 Å². The van der Waals surface area contributed by atoms with Gasteiger partial charge in [-0.3, -0.25) is 4.79 Å². The summed E-state index contributed by atoms with van der Waals surface area (Å²) >= 11 is 3.06. The van der Waals surface area contributed by atoms with E-state index in [9.17, 15) is 4.79 Å². The number of thioether (sulfide) groups is 1. The molecule has 33 heavy (non-hydrogen) atoms. The first kappa shape index (κ1) is 22.0. The van der Waals surface area contributed by atoms with Crippen molar-refractivity contribution in [2.24, 2.45) is 0 Å². The van der Waals surface area contributed by atoms with Crippen molar-refractivity contribution in [2.45, 2.75) is 49.2 Å². The summed E-state index contributed by atoms with van der Waals surface area (Å²) in [5.41, 5.74) is 2.96. The normalized spacial score (nSPS) is 16.8. The molecule has 0 spiro atoms. The Kier molecular flexibility index (Phi) is 6.65. The van der Waals surface area contributed by atoms with Crippen molar-refractivity contribution in [1.29, 1.82) is 0 Å². The molecule has 2 aromatic heterocycles. The van der Waals surface area contributed by atoms with Crippen LogP contribution in [0.4, 0.5) is 5.69 Å². The van der Waals surface area contributed by atoms with E-state index in [2.05, 4.69) is 26.9 Å². The molecule has 0 unspecified atom stereocenters. The van der Waals surface area contributed by atoms with Crippen molar-refractivity contribution in [3.8, 4) is 0 Å². The molecule has 1 aliphatic rings. The standard InChI is InChI=1S/C23H24N6O2S2/c1-15(32-23-26-27-28-29(23)14-18-5-4-12-31-18)22(30)24-17-10-8-16(9-11-17)13-21-25-19-6-2-3-7-20(19)33-21/h2-3,6-11,15,18H,4-5,12-14H2,1H3,(H,24,30)/t15-,18+/m0/s1. The van der Waals surface area contributed by atoms with E-state index < -0.39 is 0 Å². The Morgan fingerprint density at radius 1 is 1.27 bits per heavy atom. The van der Waals surface area contributed by atoms with E-state index in [4.69, 9.17) is 9.72 Å². The van der Waals surface area contributed by atoms with Crippen LogP contribution in [0.2, 0.25) is 0 Å². The summed E-state index contributed by atoms with van der Waals surface area (Å²) in [6, 6.07) is 16.1. The number of para-hydroxylation sites is 1. The number of carbonyl (C=O) groups excluding carboxylic acids is 1. The summed E-state index contributed by atoms with van der Waals surface area (Å²) in [6.07, 6.45) is 2.98. The fourth-order valence-electron chi connectivity index (χ4n) is 3.71. The molecule has 2 atom stereocenters. The van der Waals surface area contributed by atoms with Crippen LogP contribution in [0, 0.1) is 0 Å². The lowest BCUT2D eigenvalue weighted by atomic mass is 10.1. The number of anilines is 1. The lowest BCUT2D eigenvalue weighted by Gasteiger charge is -2.13. The molecule has 1 saturated heterocycles. The van der Waals surface area contributed by atoms with E-state index in [0.29, 0.717) is 11.7 Å². The van der Waals surface area contributed by atoms with Crippen LogP contribution in [0.1, 0.15) is 30.3 Å². The summed E-state index contributed by atoms with van der Waals surface area (Å²) < 4.78 is 8.59. The topological polar surface area (TPSA) is 94.8 Å². The molecule has 3 heterocycles. The van der Waals surface area contributed by atoms with Gasteiger partial charge in [0.2, 0.25) is 11.1 Å². The second kappa shape index (κ2) is 9.98. The number of ether oxygens (including phenoxy) is 1. The number of hydrogen-bond acceptors (Lipinski definition) is 8. The van der Waals surface area contributed by atoms with Crippen LogP contribution in [0.5, 0.6) is 0 Å². The Hall–Kier alpha value is -2.82. The number of aromatic nitrogens is 5. The van der Waals surface area contributed by atoms with Crippen molar-refractivity contribution in [2.75, 3.05) is 11.9 Å². The fraction of sp³-hybridized carbons (Fsp3) is 0.348. The zero-order chi connectivity index (χ0) is 22.6. The first-order valence-electron chi connectivity index (χ1n) is 10.9. The molecular weight excluding hydrogens is 456 g/mol. The number of nitrogens with zero attached hydrogens (tertiary/aromatic N) is 5. The Morgan fingerprint density at radius 3 is 2.91 bits per heavy atom. The van der Waals surface area contributed by atoms with Crippen molar-refractivity contribution in [1.82, 2.24) is 25.2 Å². The summed E-state index contributed by atoms with van der Waals surface area (Å²) in [4.78, 5) is 17.4. The smallest absolute Gasteiger partial charge is 0.237 e. The number of nitrogens with one attached hydrogen (secondary N) is 1. The Bertz CT molecular complexity index is 1200. The number of tetrazole rings is 1. The molecule has 4 aromatic rings. The highest BCUT2D eigenvalue weighted by Gasteiger charge is 2.22. The number of thiazole rings is 1. The van der Waals surface area contributed by atoms with Crippen LogP contribution in [-0.2, 0) is 22.5 Å². The highest BCUT2D eigenvalue weighted by molar-refractivity contribution is 8.00. The summed E-state index contributed by atoms with van der Waals surface area (Å²) in [5.74, 6) is -0.0920. The lowest BCUT2D eigenvalue weighted by molar-refractivity contribution is -0.115. The third kappa shape index (κ3) is 5.40. The predicted octanol–water partition coefficient (Wildman–Crippen LogP) is 4.17. The zero-order valence-corrected chi connectivity index (χ0v) is 19.8. The van der Waals surface area contributed by atoms with Gasteiger partial charge >= 0.3 is 0 Å². The summed E-state index contributed by atoms with van der Waals surface area (Å²) in [6.45, 7) is 3.25. The van der Waals surface area contributed by atoms with Crippen LogP contribution in [0.15, 0.2) is 53.7 Å². The van der Waals surface area contributed by atoms with Crippen LogP contribution in [-0.4, -0.2) is 49.1 Å². The number of hydrogen-bond donors (Lipinski definition) is 1. The molecule has 0 aliphatic carbocycles. The molecule has 1 N–H and O–H groups in total. The van der Waals surface area contributed by atoms with Crippen LogP contribution < -0.4 is 5.32 Å². The molecule has 0 saturated carbocycles. The average Bonchev–Trinajstić information content (AvgIpc) is 3.57. The SMILES string of the molecule is C[C@H](Sc1nnnn1C[C@H]1CCCO1)C(=O)Nc1ccc(Cc2nc3ccccc3s2)cc1. The minimum absolute atomic E-state index is 0.0920.